The van der Waals surface area contributed by atoms with Crippen LogP contribution in [0.15, 0.2) is 48.5 Å². The van der Waals surface area contributed by atoms with Gasteiger partial charge in [0.05, 0.1) is 5.39 Å². The van der Waals surface area contributed by atoms with Gasteiger partial charge in [0.1, 0.15) is 7.05 Å². The molecule has 4 aromatic rings. The van der Waals surface area contributed by atoms with Crippen LogP contribution in [-0.2, 0) is 13.5 Å². The number of hydrogen-bond donors (Lipinski definition) is 0. The quantitative estimate of drug-likeness (QED) is 0.264. The summed E-state index contributed by atoms with van der Waals surface area (Å²) >= 11 is 1.89. The normalized spacial score (nSPS) is 11.6. The van der Waals surface area contributed by atoms with Gasteiger partial charge in [-0.1, -0.05) is 55.4 Å². The third kappa shape index (κ3) is 3.27. The number of rotatable bonds is 5. The van der Waals surface area contributed by atoms with Crippen LogP contribution in [0, 0.1) is 13.8 Å². The van der Waals surface area contributed by atoms with Gasteiger partial charge >= 0.3 is 0 Å². The van der Waals surface area contributed by atoms with E-state index in [-0.39, 0.29) is 0 Å². The molecule has 27 heavy (non-hydrogen) atoms. The maximum atomic E-state index is 2.42. The van der Waals surface area contributed by atoms with E-state index >= 15 is 0 Å². The Balaban J connectivity index is 1.86. The number of thiophene rings is 1. The van der Waals surface area contributed by atoms with Gasteiger partial charge in [-0.3, -0.25) is 0 Å². The first-order valence-electron chi connectivity index (χ1n) is 10.0. The van der Waals surface area contributed by atoms with Gasteiger partial charge < -0.3 is 0 Å². The highest BCUT2D eigenvalue weighted by Gasteiger charge is 2.20. The molecule has 0 atom stereocenters. The maximum Gasteiger partial charge on any atom is 0.270 e. The van der Waals surface area contributed by atoms with E-state index in [0.29, 0.717) is 0 Å². The van der Waals surface area contributed by atoms with Crippen molar-refractivity contribution in [2.24, 2.45) is 7.05 Å². The Morgan fingerprint density at radius 3 is 2.56 bits per heavy atom. The zero-order valence-corrected chi connectivity index (χ0v) is 17.6. The van der Waals surface area contributed by atoms with E-state index in [0.717, 1.165) is 0 Å². The van der Waals surface area contributed by atoms with E-state index in [1.165, 1.54) is 73.9 Å². The maximum absolute atomic E-state index is 2.42. The van der Waals surface area contributed by atoms with Crippen molar-refractivity contribution in [1.29, 1.82) is 0 Å². The van der Waals surface area contributed by atoms with Gasteiger partial charge in [-0.2, -0.15) is 4.57 Å². The van der Waals surface area contributed by atoms with Crippen LogP contribution in [0.25, 0.3) is 31.6 Å². The molecule has 0 saturated carbocycles. The summed E-state index contributed by atoms with van der Waals surface area (Å²) < 4.78 is 3.75. The van der Waals surface area contributed by atoms with Gasteiger partial charge in [-0.15, -0.1) is 0 Å². The minimum atomic E-state index is 1.18. The van der Waals surface area contributed by atoms with Crippen molar-refractivity contribution in [3.63, 3.8) is 0 Å². The van der Waals surface area contributed by atoms with E-state index < -0.39 is 0 Å². The van der Waals surface area contributed by atoms with Crippen LogP contribution in [0.4, 0.5) is 0 Å². The molecule has 0 unspecified atom stereocenters. The second kappa shape index (κ2) is 7.44. The van der Waals surface area contributed by atoms with Crippen molar-refractivity contribution in [3.05, 3.63) is 65.2 Å². The lowest BCUT2D eigenvalue weighted by Gasteiger charge is -2.11. The first-order valence-corrected chi connectivity index (χ1v) is 10.8. The summed E-state index contributed by atoms with van der Waals surface area (Å²) in [4.78, 5) is 1.35. The lowest BCUT2D eigenvalue weighted by Crippen LogP contribution is -2.31. The average Bonchev–Trinajstić information content (AvgIpc) is 3.05. The first-order chi connectivity index (χ1) is 13.1. The molecule has 0 amide bonds. The highest BCUT2D eigenvalue weighted by atomic mass is 32.1. The number of pyridine rings is 1. The van der Waals surface area contributed by atoms with E-state index in [2.05, 4.69) is 80.9 Å². The molecular formula is C25H28NS+. The molecule has 0 spiro atoms. The first kappa shape index (κ1) is 18.2. The smallest absolute Gasteiger partial charge is 0.185 e. The highest BCUT2D eigenvalue weighted by molar-refractivity contribution is 7.25. The minimum Gasteiger partial charge on any atom is -0.185 e. The molecule has 0 bridgehead atoms. The topological polar surface area (TPSA) is 3.88 Å². The van der Waals surface area contributed by atoms with Crippen LogP contribution < -0.4 is 4.57 Å². The van der Waals surface area contributed by atoms with Crippen molar-refractivity contribution in [2.75, 3.05) is 0 Å². The highest BCUT2D eigenvalue weighted by Crippen LogP contribution is 2.34. The van der Waals surface area contributed by atoms with Gasteiger partial charge in [0, 0.05) is 21.7 Å². The predicted octanol–water partition coefficient (Wildman–Crippen LogP) is 6.90. The van der Waals surface area contributed by atoms with Crippen molar-refractivity contribution >= 4 is 31.6 Å². The second-order valence-corrected chi connectivity index (χ2v) is 8.67. The molecule has 0 fully saturated rings. The monoisotopic (exact) mass is 374 g/mol. The summed E-state index contributed by atoms with van der Waals surface area (Å²) in [5, 5.41) is 2.72. The van der Waals surface area contributed by atoms with Gasteiger partial charge in [0.15, 0.2) is 0 Å². The van der Waals surface area contributed by atoms with E-state index in [4.69, 9.17) is 0 Å². The van der Waals surface area contributed by atoms with Crippen molar-refractivity contribution in [1.82, 2.24) is 0 Å². The third-order valence-electron chi connectivity index (χ3n) is 5.76. The Morgan fingerprint density at radius 2 is 1.74 bits per heavy atom. The van der Waals surface area contributed by atoms with Crippen molar-refractivity contribution in [2.45, 2.75) is 46.5 Å². The molecule has 4 rings (SSSR count). The lowest BCUT2D eigenvalue weighted by molar-refractivity contribution is -0.631. The Morgan fingerprint density at radius 1 is 0.926 bits per heavy atom. The molecule has 1 nitrogen and oxygen atoms in total. The molecule has 0 N–H and O–H groups in total. The van der Waals surface area contributed by atoms with E-state index in [1.807, 2.05) is 11.3 Å². The van der Waals surface area contributed by atoms with Crippen molar-refractivity contribution in [3.8, 4) is 11.3 Å². The summed E-state index contributed by atoms with van der Waals surface area (Å²) in [6.07, 6.45) is 5.04. The predicted molar refractivity (Wildman–Crippen MR) is 119 cm³/mol. The van der Waals surface area contributed by atoms with Crippen LogP contribution in [0.1, 0.15) is 42.9 Å². The molecule has 0 aliphatic carbocycles. The molecule has 0 aliphatic heterocycles. The molecule has 0 saturated heterocycles. The SMILES string of the molecule is CCCCCc1cc(C)c(C)c(-c2ccc3c4ccccc4sc3[n+]2C)c1. The van der Waals surface area contributed by atoms with Crippen LogP contribution in [0.2, 0.25) is 0 Å². The number of hydrogen-bond acceptors (Lipinski definition) is 1. The Labute approximate surface area is 166 Å². The zero-order valence-electron chi connectivity index (χ0n) is 16.8. The second-order valence-electron chi connectivity index (χ2n) is 7.64. The van der Waals surface area contributed by atoms with E-state index in [1.54, 1.807) is 0 Å². The molecule has 0 radical (unpaired) electrons. The average molecular weight is 375 g/mol. The molecule has 138 valence electrons. The van der Waals surface area contributed by atoms with Crippen LogP contribution in [-0.4, -0.2) is 0 Å². The van der Waals surface area contributed by atoms with Crippen LogP contribution in [0.3, 0.4) is 0 Å². The van der Waals surface area contributed by atoms with E-state index in [9.17, 15) is 0 Å². The summed E-state index contributed by atoms with van der Waals surface area (Å²) in [5.74, 6) is 0. The molecule has 2 heteroatoms. The number of benzene rings is 2. The fourth-order valence-electron chi connectivity index (χ4n) is 4.04. The molecule has 0 aliphatic rings. The molecular weight excluding hydrogens is 346 g/mol. The minimum absolute atomic E-state index is 1.18. The summed E-state index contributed by atoms with van der Waals surface area (Å²) in [5.41, 5.74) is 6.95. The van der Waals surface area contributed by atoms with Gasteiger partial charge in [-0.25, -0.2) is 0 Å². The van der Waals surface area contributed by atoms with Crippen LogP contribution in [0.5, 0.6) is 0 Å². The third-order valence-corrected chi connectivity index (χ3v) is 7.02. The Bertz CT molecular complexity index is 1120. The van der Waals surface area contributed by atoms with Crippen LogP contribution >= 0.6 is 11.3 Å². The Hall–Kier alpha value is -2.19. The summed E-state index contributed by atoms with van der Waals surface area (Å²) in [6.45, 7) is 6.78. The molecule has 2 heterocycles. The zero-order chi connectivity index (χ0) is 19.0. The number of unbranched alkanes of at least 4 members (excludes halogenated alkanes) is 2. The van der Waals surface area contributed by atoms with Crippen molar-refractivity contribution < 1.29 is 4.57 Å². The van der Waals surface area contributed by atoms with Gasteiger partial charge in [-0.05, 0) is 61.6 Å². The summed E-state index contributed by atoms with van der Waals surface area (Å²) in [7, 11) is 2.21. The molecule has 2 aromatic heterocycles. The standard InChI is InChI=1S/C25H28NS/c1-5-6-7-10-19-15-17(2)18(3)22(16-19)23-14-13-21-20-11-8-9-12-24(20)27-25(21)26(23)4/h8-9,11-16H,5-7,10H2,1-4H3/q+1. The Kier molecular flexibility index (Phi) is 5.01. The van der Waals surface area contributed by atoms with Gasteiger partial charge in [0.2, 0.25) is 5.69 Å². The number of fused-ring (bicyclic) bond motifs is 3. The molecule has 2 aromatic carbocycles. The largest absolute Gasteiger partial charge is 0.270 e. The number of aryl methyl sites for hydroxylation is 3. The summed E-state index contributed by atoms with van der Waals surface area (Å²) in [6, 6.07) is 18.1. The van der Waals surface area contributed by atoms with Gasteiger partial charge in [0.25, 0.3) is 4.83 Å². The fraction of sp³-hybridized carbons (Fsp3) is 0.320. The fourth-order valence-corrected chi connectivity index (χ4v) is 5.21. The number of nitrogens with zero attached hydrogens (tertiary/aromatic N) is 1. The number of aromatic nitrogens is 1. The lowest BCUT2D eigenvalue weighted by atomic mass is 9.94.